The normalized spacial score (nSPS) is 11.1. The van der Waals surface area contributed by atoms with Crippen molar-refractivity contribution in [3.63, 3.8) is 0 Å². The van der Waals surface area contributed by atoms with Gasteiger partial charge in [0.25, 0.3) is 0 Å². The molecule has 46 heavy (non-hydrogen) atoms. The molecule has 4 aromatic rings. The van der Waals surface area contributed by atoms with Gasteiger partial charge in [-0.1, -0.05) is 111 Å². The second kappa shape index (κ2) is 21.2. The number of unbranched alkanes of at least 4 members (excludes halogenated alkanes) is 7. The van der Waals surface area contributed by atoms with E-state index in [1.54, 1.807) is 0 Å². The van der Waals surface area contributed by atoms with Crippen LogP contribution in [0.3, 0.4) is 0 Å². The highest BCUT2D eigenvalue weighted by atomic mass is 16.5. The molecule has 4 aromatic carbocycles. The highest BCUT2D eigenvalue weighted by molar-refractivity contribution is 5.30. The van der Waals surface area contributed by atoms with Crippen molar-refractivity contribution in [2.75, 3.05) is 13.1 Å². The lowest BCUT2D eigenvalue weighted by atomic mass is 10.1. The topological polar surface area (TPSA) is 94.6 Å². The molecule has 0 aliphatic heterocycles. The first-order chi connectivity index (χ1) is 22.7. The van der Waals surface area contributed by atoms with Crippen LogP contribution in [-0.2, 0) is 39.4 Å². The Morgan fingerprint density at radius 2 is 0.783 bits per heavy atom. The molecule has 0 spiro atoms. The van der Waals surface area contributed by atoms with E-state index in [0.29, 0.717) is 26.3 Å². The van der Waals surface area contributed by atoms with Crippen molar-refractivity contribution in [3.05, 3.63) is 130 Å². The second-order valence-electron chi connectivity index (χ2n) is 12.1. The monoisotopic (exact) mass is 622 g/mol. The third-order valence-corrected chi connectivity index (χ3v) is 8.23. The van der Waals surface area contributed by atoms with Crippen LogP contribution in [-0.4, -0.2) is 13.1 Å². The smallest absolute Gasteiger partial charge is 0.119 e. The zero-order valence-electron chi connectivity index (χ0n) is 27.5. The Bertz CT molecular complexity index is 1270. The lowest BCUT2D eigenvalue weighted by Gasteiger charge is -2.10. The van der Waals surface area contributed by atoms with Gasteiger partial charge in [0, 0.05) is 26.2 Å². The number of rotatable bonds is 23. The SMILES string of the molecule is NCc1ccc(OCc2cccc(CNCCCCCCCCCCNCc3cccc(COc4ccc(CN)cc4)c3)c2)cc1. The molecule has 0 amide bonds. The highest BCUT2D eigenvalue weighted by Gasteiger charge is 2.02. The van der Waals surface area contributed by atoms with E-state index in [0.717, 1.165) is 48.8 Å². The molecule has 0 unspecified atom stereocenters. The fraction of sp³-hybridized carbons (Fsp3) is 0.400. The van der Waals surface area contributed by atoms with Gasteiger partial charge < -0.3 is 31.6 Å². The number of ether oxygens (including phenoxy) is 2. The molecule has 0 heterocycles. The molecule has 0 saturated carbocycles. The molecule has 6 N–H and O–H groups in total. The quantitative estimate of drug-likeness (QED) is 0.0632. The fourth-order valence-corrected chi connectivity index (χ4v) is 5.46. The first-order valence-electron chi connectivity index (χ1n) is 17.1. The van der Waals surface area contributed by atoms with Gasteiger partial charge in [0.15, 0.2) is 0 Å². The molecule has 0 fully saturated rings. The van der Waals surface area contributed by atoms with Crippen LogP contribution in [0, 0.1) is 0 Å². The molecule has 246 valence electrons. The minimum Gasteiger partial charge on any atom is -0.489 e. The summed E-state index contributed by atoms with van der Waals surface area (Å²) in [6.07, 6.45) is 10.4. The molecular formula is C40H54N4O2. The van der Waals surface area contributed by atoms with Gasteiger partial charge in [0.1, 0.15) is 24.7 Å². The Kier molecular flexibility index (Phi) is 16.2. The molecule has 0 saturated heterocycles. The third-order valence-electron chi connectivity index (χ3n) is 8.23. The highest BCUT2D eigenvalue weighted by Crippen LogP contribution is 2.16. The van der Waals surface area contributed by atoms with Crippen molar-refractivity contribution in [1.82, 2.24) is 10.6 Å². The molecule has 0 radical (unpaired) electrons. The van der Waals surface area contributed by atoms with Gasteiger partial charge >= 0.3 is 0 Å². The minimum atomic E-state index is 0.553. The van der Waals surface area contributed by atoms with Crippen molar-refractivity contribution < 1.29 is 9.47 Å². The summed E-state index contributed by atoms with van der Waals surface area (Å²) in [4.78, 5) is 0. The Labute approximate surface area is 276 Å². The van der Waals surface area contributed by atoms with Crippen molar-refractivity contribution in [3.8, 4) is 11.5 Å². The molecule has 6 nitrogen and oxygen atoms in total. The van der Waals surface area contributed by atoms with Crippen LogP contribution in [0.2, 0.25) is 0 Å². The van der Waals surface area contributed by atoms with Crippen LogP contribution in [0.4, 0.5) is 0 Å². The molecule has 6 heteroatoms. The van der Waals surface area contributed by atoms with Crippen LogP contribution in [0.25, 0.3) is 0 Å². The Balaban J connectivity index is 0.946. The average molecular weight is 623 g/mol. The van der Waals surface area contributed by atoms with Gasteiger partial charge in [-0.3, -0.25) is 0 Å². The predicted octanol–water partition coefficient (Wildman–Crippen LogP) is 7.76. The minimum absolute atomic E-state index is 0.553. The van der Waals surface area contributed by atoms with E-state index >= 15 is 0 Å². The summed E-state index contributed by atoms with van der Waals surface area (Å²) in [6, 6.07) is 33.3. The van der Waals surface area contributed by atoms with Crippen molar-refractivity contribution in [2.24, 2.45) is 11.5 Å². The number of nitrogens with one attached hydrogen (secondary N) is 2. The van der Waals surface area contributed by atoms with Crippen LogP contribution in [0.1, 0.15) is 84.7 Å². The van der Waals surface area contributed by atoms with Crippen LogP contribution in [0.5, 0.6) is 11.5 Å². The summed E-state index contributed by atoms with van der Waals surface area (Å²) in [6.45, 7) is 6.19. The summed E-state index contributed by atoms with van der Waals surface area (Å²) >= 11 is 0. The summed E-state index contributed by atoms with van der Waals surface area (Å²) in [5.41, 5.74) is 18.6. The van der Waals surface area contributed by atoms with Gasteiger partial charge in [-0.15, -0.1) is 0 Å². The van der Waals surface area contributed by atoms with Gasteiger partial charge in [0.05, 0.1) is 0 Å². The Morgan fingerprint density at radius 3 is 1.17 bits per heavy atom. The molecule has 4 rings (SSSR count). The van der Waals surface area contributed by atoms with Crippen molar-refractivity contribution >= 4 is 0 Å². The first-order valence-corrected chi connectivity index (χ1v) is 17.1. The number of hydrogen-bond donors (Lipinski definition) is 4. The van der Waals surface area contributed by atoms with E-state index < -0.39 is 0 Å². The van der Waals surface area contributed by atoms with Gasteiger partial charge in [0.2, 0.25) is 0 Å². The predicted molar refractivity (Wildman–Crippen MR) is 191 cm³/mol. The van der Waals surface area contributed by atoms with Crippen LogP contribution < -0.4 is 31.6 Å². The summed E-state index contributed by atoms with van der Waals surface area (Å²) in [7, 11) is 0. The molecular weight excluding hydrogens is 568 g/mol. The van der Waals surface area contributed by atoms with E-state index in [4.69, 9.17) is 20.9 Å². The van der Waals surface area contributed by atoms with Crippen molar-refractivity contribution in [1.29, 1.82) is 0 Å². The molecule has 0 bridgehead atoms. The number of hydrogen-bond acceptors (Lipinski definition) is 6. The molecule has 0 atom stereocenters. The maximum absolute atomic E-state index is 5.94. The molecule has 0 aliphatic rings. The summed E-state index contributed by atoms with van der Waals surface area (Å²) < 4.78 is 11.9. The second-order valence-corrected chi connectivity index (χ2v) is 12.1. The Hall–Kier alpha value is -3.68. The number of nitrogens with two attached hydrogens (primary N) is 2. The van der Waals surface area contributed by atoms with Gasteiger partial charge in [-0.25, -0.2) is 0 Å². The average Bonchev–Trinajstić information content (AvgIpc) is 3.11. The molecule has 0 aromatic heterocycles. The molecule has 0 aliphatic carbocycles. The van der Waals surface area contributed by atoms with Gasteiger partial charge in [-0.05, 0) is 83.6 Å². The fourth-order valence-electron chi connectivity index (χ4n) is 5.46. The van der Waals surface area contributed by atoms with Crippen LogP contribution in [0.15, 0.2) is 97.1 Å². The summed E-state index contributed by atoms with van der Waals surface area (Å²) in [5.74, 6) is 1.75. The lowest BCUT2D eigenvalue weighted by Crippen LogP contribution is -2.15. The Morgan fingerprint density at radius 1 is 0.413 bits per heavy atom. The first kappa shape index (κ1) is 35.2. The van der Waals surface area contributed by atoms with E-state index in [1.165, 1.54) is 73.6 Å². The van der Waals surface area contributed by atoms with Gasteiger partial charge in [-0.2, -0.15) is 0 Å². The van der Waals surface area contributed by atoms with E-state index in [1.807, 2.05) is 48.5 Å². The van der Waals surface area contributed by atoms with Crippen LogP contribution >= 0.6 is 0 Å². The zero-order chi connectivity index (χ0) is 32.1. The lowest BCUT2D eigenvalue weighted by molar-refractivity contribution is 0.306. The largest absolute Gasteiger partial charge is 0.489 e. The van der Waals surface area contributed by atoms with E-state index in [2.05, 4.69) is 59.2 Å². The maximum atomic E-state index is 5.94. The number of benzene rings is 4. The van der Waals surface area contributed by atoms with E-state index in [9.17, 15) is 0 Å². The maximum Gasteiger partial charge on any atom is 0.119 e. The van der Waals surface area contributed by atoms with E-state index in [-0.39, 0.29) is 0 Å². The van der Waals surface area contributed by atoms with Crippen molar-refractivity contribution in [2.45, 2.75) is 90.8 Å². The third kappa shape index (κ3) is 13.8. The summed E-state index contributed by atoms with van der Waals surface area (Å²) in [5, 5.41) is 7.22. The standard InChI is InChI=1S/C40H54N4O2/c41-27-33-15-19-39(20-16-33)45-31-37-13-9-11-35(25-37)29-43-23-7-5-3-1-2-4-6-8-24-44-30-36-12-10-14-38(26-36)32-46-40-21-17-34(28-42)18-22-40/h9-22,25-26,43-44H,1-8,23-24,27-32,41-42H2. The zero-order valence-corrected chi connectivity index (χ0v) is 27.5.